The molecule has 6 nitrogen and oxygen atoms in total. The number of rotatable bonds is 3. The van der Waals surface area contributed by atoms with Crippen LogP contribution in [0, 0.1) is 11.8 Å². The van der Waals surface area contributed by atoms with Gasteiger partial charge in [-0.2, -0.15) is 0 Å². The fraction of sp³-hybridized carbons (Fsp3) is 0.643. The van der Waals surface area contributed by atoms with Gasteiger partial charge in [0.15, 0.2) is 5.69 Å². The molecule has 0 radical (unpaired) electrons. The quantitative estimate of drug-likeness (QED) is 0.898. The molecular formula is C14H19N3O3S. The molecular weight excluding hydrogens is 290 g/mol. The van der Waals surface area contributed by atoms with E-state index in [0.717, 1.165) is 13.1 Å². The molecule has 1 aromatic rings. The van der Waals surface area contributed by atoms with Crippen molar-refractivity contribution in [3.05, 3.63) is 16.1 Å². The summed E-state index contributed by atoms with van der Waals surface area (Å²) < 4.78 is 0. The summed E-state index contributed by atoms with van der Waals surface area (Å²) in [7, 11) is 0. The van der Waals surface area contributed by atoms with Crippen LogP contribution in [-0.2, 0) is 0 Å². The number of carbonyl (C=O) groups is 2. The lowest BCUT2D eigenvalue weighted by Crippen LogP contribution is -2.40. The predicted octanol–water partition coefficient (Wildman–Crippen LogP) is 2.34. The predicted molar refractivity (Wildman–Crippen MR) is 78.4 cm³/mol. The summed E-state index contributed by atoms with van der Waals surface area (Å²) >= 11 is 1.26. The zero-order chi connectivity index (χ0) is 15.0. The molecule has 0 spiro atoms. The molecule has 2 amide bonds. The van der Waals surface area contributed by atoms with Crippen LogP contribution in [0.15, 0.2) is 5.38 Å². The minimum absolute atomic E-state index is 0.0341. The smallest absolute Gasteiger partial charge is 0.355 e. The molecule has 3 atom stereocenters. The van der Waals surface area contributed by atoms with Gasteiger partial charge in [0.2, 0.25) is 0 Å². The van der Waals surface area contributed by atoms with Crippen molar-refractivity contribution in [2.45, 2.75) is 32.2 Å². The van der Waals surface area contributed by atoms with Crippen LogP contribution < -0.4 is 5.32 Å². The van der Waals surface area contributed by atoms with Gasteiger partial charge >= 0.3 is 12.0 Å². The molecule has 2 N–H and O–H groups in total. The first kappa shape index (κ1) is 14.3. The second-order valence-electron chi connectivity index (χ2n) is 5.90. The SMILES string of the molecule is CC(NC(=O)N1CC2CCCC2C1)c1nc(C(=O)O)cs1. The van der Waals surface area contributed by atoms with E-state index in [4.69, 9.17) is 5.11 Å². The molecule has 0 aromatic carbocycles. The van der Waals surface area contributed by atoms with Gasteiger partial charge in [-0.05, 0) is 31.6 Å². The van der Waals surface area contributed by atoms with Gasteiger partial charge in [0, 0.05) is 18.5 Å². The van der Waals surface area contributed by atoms with Crippen LogP contribution in [0.25, 0.3) is 0 Å². The average molecular weight is 309 g/mol. The van der Waals surface area contributed by atoms with Crippen molar-refractivity contribution in [1.29, 1.82) is 0 Å². The number of thiazole rings is 1. The number of hydrogen-bond donors (Lipinski definition) is 2. The van der Waals surface area contributed by atoms with E-state index >= 15 is 0 Å². The van der Waals surface area contributed by atoms with E-state index in [9.17, 15) is 9.59 Å². The fourth-order valence-electron chi connectivity index (χ4n) is 3.32. The van der Waals surface area contributed by atoms with Crippen molar-refractivity contribution in [2.75, 3.05) is 13.1 Å². The number of urea groups is 1. The van der Waals surface area contributed by atoms with Crippen LogP contribution in [-0.4, -0.2) is 40.1 Å². The lowest BCUT2D eigenvalue weighted by molar-refractivity contribution is 0.0691. The van der Waals surface area contributed by atoms with Crippen LogP contribution in [0.3, 0.4) is 0 Å². The summed E-state index contributed by atoms with van der Waals surface area (Å²) in [6, 6.07) is -0.333. The Kier molecular flexibility index (Phi) is 3.84. The third-order valence-electron chi connectivity index (χ3n) is 4.46. The molecule has 3 unspecified atom stereocenters. The lowest BCUT2D eigenvalue weighted by Gasteiger charge is -2.20. The summed E-state index contributed by atoms with van der Waals surface area (Å²) in [4.78, 5) is 29.0. The van der Waals surface area contributed by atoms with Crippen molar-refractivity contribution in [3.63, 3.8) is 0 Å². The van der Waals surface area contributed by atoms with E-state index in [1.54, 1.807) is 0 Å². The fourth-order valence-corrected chi connectivity index (χ4v) is 4.12. The number of carboxylic acids is 1. The lowest BCUT2D eigenvalue weighted by atomic mass is 10.0. The molecule has 21 heavy (non-hydrogen) atoms. The van der Waals surface area contributed by atoms with Gasteiger partial charge in [-0.25, -0.2) is 14.6 Å². The average Bonchev–Trinajstić information content (AvgIpc) is 3.13. The van der Waals surface area contributed by atoms with Crippen molar-refractivity contribution < 1.29 is 14.7 Å². The molecule has 0 bridgehead atoms. The van der Waals surface area contributed by atoms with Crippen LogP contribution in [0.5, 0.6) is 0 Å². The molecule has 1 aliphatic carbocycles. The maximum atomic E-state index is 12.3. The number of amides is 2. The minimum atomic E-state index is -1.04. The molecule has 2 heterocycles. The first-order valence-electron chi connectivity index (χ1n) is 7.28. The van der Waals surface area contributed by atoms with Crippen LogP contribution in [0.1, 0.15) is 47.7 Å². The van der Waals surface area contributed by atoms with Crippen LogP contribution in [0.2, 0.25) is 0 Å². The number of nitrogens with one attached hydrogen (secondary N) is 1. The second kappa shape index (κ2) is 5.63. The number of aromatic carboxylic acids is 1. The van der Waals surface area contributed by atoms with Crippen molar-refractivity contribution in [3.8, 4) is 0 Å². The Bertz CT molecular complexity index is 547. The maximum Gasteiger partial charge on any atom is 0.355 e. The molecule has 3 rings (SSSR count). The second-order valence-corrected chi connectivity index (χ2v) is 6.79. The number of fused-ring (bicyclic) bond motifs is 1. The Balaban J connectivity index is 1.58. The van der Waals surface area contributed by atoms with Gasteiger partial charge in [0.1, 0.15) is 5.01 Å². The number of carbonyl (C=O) groups excluding carboxylic acids is 1. The molecule has 1 saturated carbocycles. The van der Waals surface area contributed by atoms with E-state index in [2.05, 4.69) is 10.3 Å². The molecule has 1 aliphatic heterocycles. The van der Waals surface area contributed by atoms with Gasteiger partial charge in [-0.1, -0.05) is 6.42 Å². The summed E-state index contributed by atoms with van der Waals surface area (Å²) in [5.41, 5.74) is 0.0341. The Morgan fingerprint density at radius 3 is 2.67 bits per heavy atom. The standard InChI is InChI=1S/C14H19N3O3S/c1-8(12-16-11(7-21-12)13(18)19)15-14(20)17-5-9-3-2-4-10(9)6-17/h7-10H,2-6H2,1H3,(H,15,20)(H,18,19). The largest absolute Gasteiger partial charge is 0.476 e. The van der Waals surface area contributed by atoms with E-state index < -0.39 is 5.97 Å². The number of carboxylic acid groups (broad SMARTS) is 1. The Morgan fingerprint density at radius 1 is 1.43 bits per heavy atom. The van der Waals surface area contributed by atoms with Gasteiger partial charge < -0.3 is 15.3 Å². The number of aromatic nitrogens is 1. The normalized spacial score (nSPS) is 25.7. The third kappa shape index (κ3) is 2.88. The molecule has 2 aliphatic rings. The zero-order valence-electron chi connectivity index (χ0n) is 11.9. The highest BCUT2D eigenvalue weighted by atomic mass is 32.1. The molecule has 2 fully saturated rings. The van der Waals surface area contributed by atoms with Gasteiger partial charge in [-0.15, -0.1) is 11.3 Å². The highest BCUT2D eigenvalue weighted by Crippen LogP contribution is 2.37. The number of likely N-dealkylation sites (tertiary alicyclic amines) is 1. The van der Waals surface area contributed by atoms with Gasteiger partial charge in [-0.3, -0.25) is 0 Å². The Hall–Kier alpha value is -1.63. The molecule has 114 valence electrons. The van der Waals surface area contributed by atoms with E-state index in [1.165, 1.54) is 36.0 Å². The Labute approximate surface area is 127 Å². The number of hydrogen-bond acceptors (Lipinski definition) is 4. The molecule has 1 aromatic heterocycles. The van der Waals surface area contributed by atoms with Crippen LogP contribution >= 0.6 is 11.3 Å². The molecule has 7 heteroatoms. The number of nitrogens with zero attached hydrogens (tertiary/aromatic N) is 2. The van der Waals surface area contributed by atoms with Crippen molar-refractivity contribution in [2.24, 2.45) is 11.8 Å². The summed E-state index contributed by atoms with van der Waals surface area (Å²) in [6.45, 7) is 3.53. The molecule has 1 saturated heterocycles. The highest BCUT2D eigenvalue weighted by Gasteiger charge is 2.38. The monoisotopic (exact) mass is 309 g/mol. The summed E-state index contributed by atoms with van der Waals surface area (Å²) in [5.74, 6) is 0.303. The maximum absolute atomic E-state index is 12.3. The zero-order valence-corrected chi connectivity index (χ0v) is 12.7. The Morgan fingerprint density at radius 2 is 2.10 bits per heavy atom. The van der Waals surface area contributed by atoms with Crippen molar-refractivity contribution >= 4 is 23.3 Å². The van der Waals surface area contributed by atoms with E-state index in [0.29, 0.717) is 16.8 Å². The topological polar surface area (TPSA) is 82.5 Å². The van der Waals surface area contributed by atoms with Crippen LogP contribution in [0.4, 0.5) is 4.79 Å². The highest BCUT2D eigenvalue weighted by molar-refractivity contribution is 7.09. The van der Waals surface area contributed by atoms with Gasteiger partial charge in [0.25, 0.3) is 0 Å². The minimum Gasteiger partial charge on any atom is -0.476 e. The van der Waals surface area contributed by atoms with Gasteiger partial charge in [0.05, 0.1) is 6.04 Å². The summed E-state index contributed by atoms with van der Waals surface area (Å²) in [6.07, 6.45) is 3.76. The first-order chi connectivity index (χ1) is 10.0. The van der Waals surface area contributed by atoms with E-state index in [1.807, 2.05) is 11.8 Å². The first-order valence-corrected chi connectivity index (χ1v) is 8.16. The van der Waals surface area contributed by atoms with E-state index in [-0.39, 0.29) is 17.8 Å². The van der Waals surface area contributed by atoms with Crippen molar-refractivity contribution in [1.82, 2.24) is 15.2 Å². The summed E-state index contributed by atoms with van der Waals surface area (Å²) in [5, 5.41) is 13.9. The third-order valence-corrected chi connectivity index (χ3v) is 5.49.